The second-order valence-electron chi connectivity index (χ2n) is 3.48. The summed E-state index contributed by atoms with van der Waals surface area (Å²) in [6, 6.07) is 12.0. The molecule has 0 saturated heterocycles. The molecule has 1 nitrogen and oxygen atoms in total. The largest absolute Gasteiger partial charge is 0.497 e. The minimum absolute atomic E-state index is 0.762. The summed E-state index contributed by atoms with van der Waals surface area (Å²) in [7, 11) is 1.69. The van der Waals surface area contributed by atoms with E-state index in [4.69, 9.17) is 16.3 Å². The molecule has 0 aromatic heterocycles. The van der Waals surface area contributed by atoms with Gasteiger partial charge in [0, 0.05) is 22.0 Å². The van der Waals surface area contributed by atoms with Crippen molar-refractivity contribution in [3.05, 3.63) is 48.6 Å². The molecule has 0 radical (unpaired) electrons. The van der Waals surface area contributed by atoms with Crippen molar-refractivity contribution in [2.24, 2.45) is 0 Å². The van der Waals surface area contributed by atoms with E-state index >= 15 is 0 Å². The summed E-state index contributed by atoms with van der Waals surface area (Å²) in [6.07, 6.45) is 0. The highest BCUT2D eigenvalue weighted by Gasteiger charge is 2.09. The summed E-state index contributed by atoms with van der Waals surface area (Å²) < 4.78 is 7.64. The lowest BCUT2D eigenvalue weighted by molar-refractivity contribution is 0.413. The molecule has 0 amide bonds. The van der Waals surface area contributed by atoms with Crippen molar-refractivity contribution in [2.75, 3.05) is 7.11 Å². The number of halogens is 3. The molecule has 18 heavy (non-hydrogen) atoms. The Balaban J connectivity index is 2.31. The van der Waals surface area contributed by atoms with Gasteiger partial charge in [-0.15, -0.1) is 0 Å². The van der Waals surface area contributed by atoms with Crippen LogP contribution in [0.5, 0.6) is 5.75 Å². The Morgan fingerprint density at radius 1 is 1.06 bits per heavy atom. The minimum Gasteiger partial charge on any atom is -0.497 e. The summed E-state index contributed by atoms with van der Waals surface area (Å²) in [5.41, 5.74) is 0. The van der Waals surface area contributed by atoms with Crippen LogP contribution in [0, 0.1) is 7.14 Å². The van der Waals surface area contributed by atoms with E-state index in [2.05, 4.69) is 45.2 Å². The predicted octanol–water partition coefficient (Wildman–Crippen LogP) is 5.71. The molecule has 5 heteroatoms. The van der Waals surface area contributed by atoms with Crippen LogP contribution in [0.3, 0.4) is 0 Å². The predicted molar refractivity (Wildman–Crippen MR) is 94.0 cm³/mol. The lowest BCUT2D eigenvalue weighted by atomic mass is 10.3. The van der Waals surface area contributed by atoms with E-state index in [1.807, 2.05) is 36.4 Å². The fourth-order valence-electron chi connectivity index (χ4n) is 1.37. The van der Waals surface area contributed by atoms with Gasteiger partial charge in [-0.25, -0.2) is 0 Å². The second-order valence-corrected chi connectivity index (χ2v) is 7.32. The molecule has 0 saturated carbocycles. The maximum absolute atomic E-state index is 5.89. The molecule has 0 bridgehead atoms. The molecule has 0 aliphatic rings. The first-order valence-corrected chi connectivity index (χ1v) is 8.42. The van der Waals surface area contributed by atoms with Crippen LogP contribution in [0.4, 0.5) is 0 Å². The summed E-state index contributed by atoms with van der Waals surface area (Å²) in [6.45, 7) is 0. The number of benzene rings is 2. The molecule has 0 heterocycles. The van der Waals surface area contributed by atoms with Crippen LogP contribution in [0.15, 0.2) is 46.2 Å². The fourth-order valence-corrected chi connectivity index (χ4v) is 4.69. The van der Waals surface area contributed by atoms with Crippen molar-refractivity contribution in [1.82, 2.24) is 0 Å². The number of hydrogen-bond donors (Lipinski definition) is 0. The normalized spacial score (nSPS) is 10.4. The summed E-state index contributed by atoms with van der Waals surface area (Å²) >= 11 is 12.3. The van der Waals surface area contributed by atoms with Crippen molar-refractivity contribution < 1.29 is 4.74 Å². The van der Waals surface area contributed by atoms with E-state index in [0.29, 0.717) is 0 Å². The summed E-state index contributed by atoms with van der Waals surface area (Å²) in [4.78, 5) is 2.43. The molecule has 2 aromatic rings. The Morgan fingerprint density at radius 3 is 2.11 bits per heavy atom. The van der Waals surface area contributed by atoms with Gasteiger partial charge < -0.3 is 4.74 Å². The van der Waals surface area contributed by atoms with Gasteiger partial charge in [0.1, 0.15) is 5.75 Å². The van der Waals surface area contributed by atoms with Crippen molar-refractivity contribution in [3.63, 3.8) is 0 Å². The van der Waals surface area contributed by atoms with Gasteiger partial charge in [0.05, 0.1) is 7.11 Å². The third-order valence-electron chi connectivity index (χ3n) is 2.24. The minimum atomic E-state index is 0.762. The van der Waals surface area contributed by atoms with Gasteiger partial charge in [-0.3, -0.25) is 0 Å². The third-order valence-corrected chi connectivity index (χ3v) is 6.08. The van der Waals surface area contributed by atoms with Gasteiger partial charge in [0.15, 0.2) is 0 Å². The average Bonchev–Trinajstić information content (AvgIpc) is 2.35. The summed E-state index contributed by atoms with van der Waals surface area (Å²) in [5.74, 6) is 0.893. The van der Waals surface area contributed by atoms with Crippen LogP contribution in [0.25, 0.3) is 0 Å². The highest BCUT2D eigenvalue weighted by molar-refractivity contribution is 14.1. The molecule has 0 N–H and O–H groups in total. The van der Waals surface area contributed by atoms with E-state index in [1.54, 1.807) is 18.9 Å². The molecule has 2 rings (SSSR count). The van der Waals surface area contributed by atoms with Gasteiger partial charge >= 0.3 is 0 Å². The highest BCUT2D eigenvalue weighted by atomic mass is 127. The molecule has 94 valence electrons. The van der Waals surface area contributed by atoms with E-state index in [1.165, 1.54) is 16.9 Å². The highest BCUT2D eigenvalue weighted by Crippen LogP contribution is 2.37. The molecule has 0 spiro atoms. The summed E-state index contributed by atoms with van der Waals surface area (Å²) in [5, 5.41) is 0.762. The zero-order valence-corrected chi connectivity index (χ0v) is 15.3. The molecule has 0 atom stereocenters. The van der Waals surface area contributed by atoms with Crippen LogP contribution in [-0.2, 0) is 0 Å². The fraction of sp³-hybridized carbons (Fsp3) is 0.0769. The van der Waals surface area contributed by atoms with Gasteiger partial charge in [0.25, 0.3) is 0 Å². The molecule has 2 aromatic carbocycles. The van der Waals surface area contributed by atoms with Crippen molar-refractivity contribution in [2.45, 2.75) is 9.79 Å². The van der Waals surface area contributed by atoms with E-state index < -0.39 is 0 Å². The van der Waals surface area contributed by atoms with Gasteiger partial charge in [0.2, 0.25) is 0 Å². The Hall–Kier alpha value is 0.340. The first kappa shape index (κ1) is 14.7. The molecular weight excluding hydrogens is 493 g/mol. The van der Waals surface area contributed by atoms with Crippen molar-refractivity contribution in [1.29, 1.82) is 0 Å². The van der Waals surface area contributed by atoms with Crippen LogP contribution in [-0.4, -0.2) is 7.11 Å². The van der Waals surface area contributed by atoms with Crippen molar-refractivity contribution in [3.8, 4) is 5.75 Å². The SMILES string of the molecule is COc1cc(I)c(Sc2ccc(Cl)cc2)c(I)c1. The van der Waals surface area contributed by atoms with Crippen molar-refractivity contribution >= 4 is 68.5 Å². The zero-order valence-electron chi connectivity index (χ0n) is 9.41. The van der Waals surface area contributed by atoms with Crippen LogP contribution in [0.1, 0.15) is 0 Å². The molecule has 0 unspecified atom stereocenters. The first-order valence-electron chi connectivity index (χ1n) is 5.06. The monoisotopic (exact) mass is 502 g/mol. The maximum Gasteiger partial charge on any atom is 0.121 e. The number of hydrogen-bond acceptors (Lipinski definition) is 2. The average molecular weight is 503 g/mol. The smallest absolute Gasteiger partial charge is 0.121 e. The Labute approximate surface area is 143 Å². The maximum atomic E-state index is 5.89. The molecule has 0 aliphatic heterocycles. The van der Waals surface area contributed by atoms with Gasteiger partial charge in [-0.2, -0.15) is 0 Å². The molecule has 0 fully saturated rings. The molecular formula is C13H9ClI2OS. The standard InChI is InChI=1S/C13H9ClI2OS/c1-17-9-6-11(15)13(12(16)7-9)18-10-4-2-8(14)3-5-10/h2-7H,1H3. The Kier molecular flexibility index (Phi) is 5.47. The van der Waals surface area contributed by atoms with Gasteiger partial charge in [-0.05, 0) is 81.6 Å². The molecule has 0 aliphatic carbocycles. The van der Waals surface area contributed by atoms with Crippen LogP contribution < -0.4 is 4.74 Å². The first-order chi connectivity index (χ1) is 8.60. The second kappa shape index (κ2) is 6.67. The Morgan fingerprint density at radius 2 is 1.61 bits per heavy atom. The van der Waals surface area contributed by atoms with E-state index in [0.717, 1.165) is 10.8 Å². The number of rotatable bonds is 3. The number of methoxy groups -OCH3 is 1. The van der Waals surface area contributed by atoms with E-state index in [-0.39, 0.29) is 0 Å². The van der Waals surface area contributed by atoms with Gasteiger partial charge in [-0.1, -0.05) is 23.4 Å². The van der Waals surface area contributed by atoms with E-state index in [9.17, 15) is 0 Å². The lowest BCUT2D eigenvalue weighted by Crippen LogP contribution is -1.89. The van der Waals surface area contributed by atoms with Crippen LogP contribution >= 0.6 is 68.5 Å². The third kappa shape index (κ3) is 3.68. The quantitative estimate of drug-likeness (QED) is 0.498. The van der Waals surface area contributed by atoms with Crippen LogP contribution in [0.2, 0.25) is 5.02 Å². The lowest BCUT2D eigenvalue weighted by Gasteiger charge is -2.09. The number of ether oxygens (including phenoxy) is 1. The zero-order chi connectivity index (χ0) is 13.1. The topological polar surface area (TPSA) is 9.23 Å². The Bertz CT molecular complexity index is 534.